The van der Waals surface area contributed by atoms with Gasteiger partial charge in [0.1, 0.15) is 0 Å². The van der Waals surface area contributed by atoms with E-state index in [1.54, 1.807) is 0 Å². The largest absolute Gasteiger partial charge is 0.329 e. The molecular formula is C18H25N3. The zero-order chi connectivity index (χ0) is 15.1. The van der Waals surface area contributed by atoms with Gasteiger partial charge in [0.15, 0.2) is 0 Å². The number of aromatic nitrogens is 1. The number of hydrogen-bond donors (Lipinski definition) is 1. The van der Waals surface area contributed by atoms with Crippen molar-refractivity contribution < 1.29 is 0 Å². The van der Waals surface area contributed by atoms with E-state index >= 15 is 0 Å². The van der Waals surface area contributed by atoms with Crippen LogP contribution >= 0.6 is 0 Å². The third kappa shape index (κ3) is 4.13. The SMILES string of the molecule is CCc1ccc(C(CN)N(CC)Cc2ccncc2)cc1. The summed E-state index contributed by atoms with van der Waals surface area (Å²) in [6, 6.07) is 13.2. The maximum Gasteiger partial charge on any atom is 0.0473 e. The minimum atomic E-state index is 0.258. The molecule has 3 heteroatoms. The molecule has 0 aliphatic heterocycles. The molecule has 1 aromatic carbocycles. The summed E-state index contributed by atoms with van der Waals surface area (Å²) in [5.41, 5.74) is 9.99. The van der Waals surface area contributed by atoms with Crippen LogP contribution in [0.4, 0.5) is 0 Å². The Morgan fingerprint density at radius 3 is 2.19 bits per heavy atom. The molecule has 2 aromatic rings. The molecule has 0 spiro atoms. The average molecular weight is 283 g/mol. The molecule has 0 fully saturated rings. The second-order valence-corrected chi connectivity index (χ2v) is 5.27. The smallest absolute Gasteiger partial charge is 0.0473 e. The van der Waals surface area contributed by atoms with Crippen molar-refractivity contribution >= 4 is 0 Å². The lowest BCUT2D eigenvalue weighted by molar-refractivity contribution is 0.203. The molecule has 0 saturated carbocycles. The molecule has 1 heterocycles. The summed E-state index contributed by atoms with van der Waals surface area (Å²) in [6.07, 6.45) is 4.76. The lowest BCUT2D eigenvalue weighted by Gasteiger charge is -2.30. The van der Waals surface area contributed by atoms with Crippen LogP contribution in [0.2, 0.25) is 0 Å². The Hall–Kier alpha value is -1.71. The summed E-state index contributed by atoms with van der Waals surface area (Å²) in [4.78, 5) is 6.49. The molecule has 3 nitrogen and oxygen atoms in total. The molecule has 0 radical (unpaired) electrons. The predicted octanol–water partition coefficient (Wildman–Crippen LogP) is 3.17. The van der Waals surface area contributed by atoms with Crippen LogP contribution in [-0.4, -0.2) is 23.0 Å². The van der Waals surface area contributed by atoms with Gasteiger partial charge in [0, 0.05) is 31.5 Å². The summed E-state index contributed by atoms with van der Waals surface area (Å²) < 4.78 is 0. The first kappa shape index (κ1) is 15.7. The van der Waals surface area contributed by atoms with E-state index in [1.807, 2.05) is 12.4 Å². The number of benzene rings is 1. The van der Waals surface area contributed by atoms with Gasteiger partial charge in [-0.2, -0.15) is 0 Å². The molecule has 21 heavy (non-hydrogen) atoms. The van der Waals surface area contributed by atoms with Crippen molar-refractivity contribution in [1.29, 1.82) is 0 Å². The first-order chi connectivity index (χ1) is 10.3. The van der Waals surface area contributed by atoms with Gasteiger partial charge < -0.3 is 5.73 Å². The minimum absolute atomic E-state index is 0.258. The van der Waals surface area contributed by atoms with Crippen molar-refractivity contribution in [2.24, 2.45) is 5.73 Å². The van der Waals surface area contributed by atoms with Crippen LogP contribution in [0.1, 0.15) is 36.6 Å². The van der Waals surface area contributed by atoms with Crippen LogP contribution in [-0.2, 0) is 13.0 Å². The van der Waals surface area contributed by atoms with Gasteiger partial charge in [-0.15, -0.1) is 0 Å². The van der Waals surface area contributed by atoms with Gasteiger partial charge in [0.25, 0.3) is 0 Å². The lowest BCUT2D eigenvalue weighted by Crippen LogP contribution is -2.33. The fraction of sp³-hybridized carbons (Fsp3) is 0.389. The zero-order valence-corrected chi connectivity index (χ0v) is 13.0. The molecule has 0 saturated heterocycles. The van der Waals surface area contributed by atoms with E-state index in [4.69, 9.17) is 5.73 Å². The first-order valence-corrected chi connectivity index (χ1v) is 7.70. The summed E-state index contributed by atoms with van der Waals surface area (Å²) in [6.45, 7) is 6.86. The third-order valence-electron chi connectivity index (χ3n) is 3.98. The summed E-state index contributed by atoms with van der Waals surface area (Å²) in [7, 11) is 0. The standard InChI is InChI=1S/C18H25N3/c1-3-15-5-7-17(8-6-15)18(13-19)21(4-2)14-16-9-11-20-12-10-16/h5-12,18H,3-4,13-14,19H2,1-2H3. The normalized spacial score (nSPS) is 12.6. The molecular weight excluding hydrogens is 258 g/mol. The number of rotatable bonds is 7. The van der Waals surface area contributed by atoms with Gasteiger partial charge in [-0.25, -0.2) is 0 Å². The van der Waals surface area contributed by atoms with E-state index in [1.165, 1.54) is 16.7 Å². The Labute approximate surface area is 127 Å². The number of likely N-dealkylation sites (N-methyl/N-ethyl adjacent to an activating group) is 1. The van der Waals surface area contributed by atoms with Crippen LogP contribution in [0.15, 0.2) is 48.8 Å². The van der Waals surface area contributed by atoms with E-state index in [0.717, 1.165) is 19.5 Å². The average Bonchev–Trinajstić information content (AvgIpc) is 2.56. The van der Waals surface area contributed by atoms with E-state index < -0.39 is 0 Å². The summed E-state index contributed by atoms with van der Waals surface area (Å²) >= 11 is 0. The second-order valence-electron chi connectivity index (χ2n) is 5.27. The maximum atomic E-state index is 6.05. The second kappa shape index (κ2) is 7.91. The fourth-order valence-corrected chi connectivity index (χ4v) is 2.64. The van der Waals surface area contributed by atoms with Crippen molar-refractivity contribution in [2.75, 3.05) is 13.1 Å². The lowest BCUT2D eigenvalue weighted by atomic mass is 10.0. The Balaban J connectivity index is 2.16. The highest BCUT2D eigenvalue weighted by atomic mass is 15.2. The quantitative estimate of drug-likeness (QED) is 0.848. The van der Waals surface area contributed by atoms with Gasteiger partial charge >= 0.3 is 0 Å². The van der Waals surface area contributed by atoms with Gasteiger partial charge in [-0.3, -0.25) is 9.88 Å². The number of nitrogens with two attached hydrogens (primary N) is 1. The fourth-order valence-electron chi connectivity index (χ4n) is 2.64. The van der Waals surface area contributed by atoms with Crippen molar-refractivity contribution in [3.05, 3.63) is 65.5 Å². The Kier molecular flexibility index (Phi) is 5.90. The molecule has 1 aromatic heterocycles. The zero-order valence-electron chi connectivity index (χ0n) is 13.0. The Bertz CT molecular complexity index is 522. The van der Waals surface area contributed by atoms with Crippen molar-refractivity contribution in [3.63, 3.8) is 0 Å². The van der Waals surface area contributed by atoms with Crippen molar-refractivity contribution in [3.8, 4) is 0 Å². The van der Waals surface area contributed by atoms with E-state index in [-0.39, 0.29) is 6.04 Å². The van der Waals surface area contributed by atoms with Crippen molar-refractivity contribution in [2.45, 2.75) is 32.9 Å². The molecule has 0 amide bonds. The van der Waals surface area contributed by atoms with Gasteiger partial charge in [-0.05, 0) is 41.8 Å². The maximum absolute atomic E-state index is 6.05. The molecule has 1 atom stereocenters. The third-order valence-corrected chi connectivity index (χ3v) is 3.98. The molecule has 2 N–H and O–H groups in total. The number of aryl methyl sites for hydroxylation is 1. The monoisotopic (exact) mass is 283 g/mol. The molecule has 2 rings (SSSR count). The van der Waals surface area contributed by atoms with Crippen molar-refractivity contribution in [1.82, 2.24) is 9.88 Å². The van der Waals surface area contributed by atoms with Crippen LogP contribution < -0.4 is 5.73 Å². The molecule has 0 bridgehead atoms. The topological polar surface area (TPSA) is 42.1 Å². The van der Waals surface area contributed by atoms with Gasteiger partial charge in [0.2, 0.25) is 0 Å². The van der Waals surface area contributed by atoms with Crippen LogP contribution in [0.5, 0.6) is 0 Å². The molecule has 112 valence electrons. The van der Waals surface area contributed by atoms with Crippen LogP contribution in [0.25, 0.3) is 0 Å². The number of pyridine rings is 1. The predicted molar refractivity (Wildman–Crippen MR) is 87.9 cm³/mol. The highest BCUT2D eigenvalue weighted by Gasteiger charge is 2.17. The van der Waals surface area contributed by atoms with Crippen LogP contribution in [0.3, 0.4) is 0 Å². The molecule has 0 aliphatic rings. The number of nitrogens with zero attached hydrogens (tertiary/aromatic N) is 2. The Morgan fingerprint density at radius 2 is 1.67 bits per heavy atom. The molecule has 1 unspecified atom stereocenters. The summed E-state index contributed by atoms with van der Waals surface area (Å²) in [5, 5.41) is 0. The van der Waals surface area contributed by atoms with Gasteiger partial charge in [0.05, 0.1) is 0 Å². The van der Waals surface area contributed by atoms with E-state index in [9.17, 15) is 0 Å². The van der Waals surface area contributed by atoms with Crippen LogP contribution in [0, 0.1) is 0 Å². The van der Waals surface area contributed by atoms with Gasteiger partial charge in [-0.1, -0.05) is 38.1 Å². The minimum Gasteiger partial charge on any atom is -0.329 e. The Morgan fingerprint density at radius 1 is 1.00 bits per heavy atom. The molecule has 0 aliphatic carbocycles. The number of hydrogen-bond acceptors (Lipinski definition) is 3. The highest BCUT2D eigenvalue weighted by Crippen LogP contribution is 2.22. The first-order valence-electron chi connectivity index (χ1n) is 7.70. The van der Waals surface area contributed by atoms with E-state index in [0.29, 0.717) is 6.54 Å². The highest BCUT2D eigenvalue weighted by molar-refractivity contribution is 5.25. The summed E-state index contributed by atoms with van der Waals surface area (Å²) in [5.74, 6) is 0. The van der Waals surface area contributed by atoms with E-state index in [2.05, 4.69) is 60.1 Å².